The Morgan fingerprint density at radius 1 is 1.73 bits per heavy atom. The standard InChI is InChI=1S/C6H5BrINO2/c1-2-5(8)6(3-4-7)9(10)11/h2-4H,1H2/b4-3+,6-5-. The number of rotatable bonds is 3. The summed E-state index contributed by atoms with van der Waals surface area (Å²) in [7, 11) is 0. The van der Waals surface area contributed by atoms with Crippen LogP contribution in [0.1, 0.15) is 0 Å². The van der Waals surface area contributed by atoms with Crippen LogP contribution >= 0.6 is 38.5 Å². The highest BCUT2D eigenvalue weighted by atomic mass is 127. The largest absolute Gasteiger partial charge is 0.283 e. The molecular formula is C6H5BrINO2. The van der Waals surface area contributed by atoms with Crippen molar-refractivity contribution in [2.24, 2.45) is 0 Å². The Morgan fingerprint density at radius 2 is 2.27 bits per heavy atom. The van der Waals surface area contributed by atoms with E-state index in [0.29, 0.717) is 3.58 Å². The van der Waals surface area contributed by atoms with Crippen molar-refractivity contribution in [3.8, 4) is 0 Å². The van der Waals surface area contributed by atoms with Gasteiger partial charge in [-0.1, -0.05) is 22.5 Å². The van der Waals surface area contributed by atoms with Gasteiger partial charge in [-0.3, -0.25) is 10.1 Å². The molecule has 0 amide bonds. The van der Waals surface area contributed by atoms with E-state index >= 15 is 0 Å². The molecule has 0 saturated carbocycles. The Morgan fingerprint density at radius 3 is 2.55 bits per heavy atom. The Kier molecular flexibility index (Phi) is 5.39. The first-order valence-electron chi connectivity index (χ1n) is 2.56. The summed E-state index contributed by atoms with van der Waals surface area (Å²) in [5.74, 6) is 0. The highest BCUT2D eigenvalue weighted by molar-refractivity contribution is 14.1. The Hall–Kier alpha value is -0.170. The highest BCUT2D eigenvalue weighted by Crippen LogP contribution is 2.15. The van der Waals surface area contributed by atoms with Gasteiger partial charge in [0, 0.05) is 6.08 Å². The van der Waals surface area contributed by atoms with Crippen LogP contribution in [-0.2, 0) is 0 Å². The van der Waals surface area contributed by atoms with Crippen LogP contribution in [0.3, 0.4) is 0 Å². The van der Waals surface area contributed by atoms with Gasteiger partial charge < -0.3 is 0 Å². The van der Waals surface area contributed by atoms with Crippen molar-refractivity contribution in [2.75, 3.05) is 0 Å². The minimum absolute atomic E-state index is 0.0393. The van der Waals surface area contributed by atoms with Crippen molar-refractivity contribution in [3.63, 3.8) is 0 Å². The van der Waals surface area contributed by atoms with Gasteiger partial charge in [0.05, 0.1) is 8.50 Å². The zero-order valence-electron chi connectivity index (χ0n) is 5.46. The third kappa shape index (κ3) is 3.66. The lowest BCUT2D eigenvalue weighted by molar-refractivity contribution is -0.419. The number of hydrogen-bond donors (Lipinski definition) is 0. The van der Waals surface area contributed by atoms with E-state index in [1.165, 1.54) is 17.1 Å². The first-order chi connectivity index (χ1) is 5.13. The minimum atomic E-state index is -0.457. The van der Waals surface area contributed by atoms with E-state index in [4.69, 9.17) is 0 Å². The monoisotopic (exact) mass is 329 g/mol. The van der Waals surface area contributed by atoms with E-state index in [2.05, 4.69) is 22.5 Å². The first-order valence-corrected chi connectivity index (χ1v) is 4.56. The Labute approximate surface area is 86.3 Å². The minimum Gasteiger partial charge on any atom is -0.258 e. The van der Waals surface area contributed by atoms with Crippen LogP contribution in [0.5, 0.6) is 0 Å². The van der Waals surface area contributed by atoms with Gasteiger partial charge in [-0.25, -0.2) is 0 Å². The topological polar surface area (TPSA) is 43.1 Å². The van der Waals surface area contributed by atoms with Gasteiger partial charge in [-0.15, -0.1) is 0 Å². The molecular weight excluding hydrogens is 325 g/mol. The summed E-state index contributed by atoms with van der Waals surface area (Å²) >= 11 is 4.81. The van der Waals surface area contributed by atoms with Crippen LogP contribution in [0.15, 0.2) is 33.0 Å². The average Bonchev–Trinajstić information content (AvgIpc) is 1.98. The van der Waals surface area contributed by atoms with Crippen LogP contribution in [0.2, 0.25) is 0 Å². The summed E-state index contributed by atoms with van der Waals surface area (Å²) in [6.45, 7) is 3.43. The highest BCUT2D eigenvalue weighted by Gasteiger charge is 2.09. The van der Waals surface area contributed by atoms with Crippen LogP contribution in [0.25, 0.3) is 0 Å². The smallest absolute Gasteiger partial charge is 0.258 e. The molecule has 0 aromatic rings. The Bertz CT molecular complexity index is 235. The second kappa shape index (κ2) is 5.48. The van der Waals surface area contributed by atoms with E-state index in [9.17, 15) is 10.1 Å². The van der Waals surface area contributed by atoms with E-state index in [-0.39, 0.29) is 5.70 Å². The van der Waals surface area contributed by atoms with Crippen LogP contribution in [-0.4, -0.2) is 4.92 Å². The molecule has 0 spiro atoms. The van der Waals surface area contributed by atoms with Crippen molar-refractivity contribution in [1.29, 1.82) is 0 Å². The fourth-order valence-electron chi connectivity index (χ4n) is 0.392. The first kappa shape index (κ1) is 10.8. The van der Waals surface area contributed by atoms with Gasteiger partial charge in [0.2, 0.25) is 0 Å². The molecule has 0 aliphatic carbocycles. The van der Waals surface area contributed by atoms with E-state index in [1.54, 1.807) is 0 Å². The summed E-state index contributed by atoms with van der Waals surface area (Å²) in [6, 6.07) is 0. The molecule has 3 nitrogen and oxygen atoms in total. The maximum atomic E-state index is 10.3. The third-order valence-electron chi connectivity index (χ3n) is 0.841. The zero-order chi connectivity index (χ0) is 8.85. The van der Waals surface area contributed by atoms with E-state index < -0.39 is 4.92 Å². The Balaban J connectivity index is 4.87. The lowest BCUT2D eigenvalue weighted by atomic mass is 10.4. The predicted octanol–water partition coefficient (Wildman–Crippen LogP) is 3.00. The van der Waals surface area contributed by atoms with Crippen molar-refractivity contribution in [3.05, 3.63) is 43.1 Å². The van der Waals surface area contributed by atoms with Crippen molar-refractivity contribution >= 4 is 38.5 Å². The number of halogens is 2. The fraction of sp³-hybridized carbons (Fsp3) is 0. The molecule has 5 heteroatoms. The maximum absolute atomic E-state index is 10.3. The second-order valence-electron chi connectivity index (χ2n) is 1.49. The molecule has 0 saturated heterocycles. The predicted molar refractivity (Wildman–Crippen MR) is 56.3 cm³/mol. The molecule has 0 aromatic heterocycles. The number of hydrogen-bond acceptors (Lipinski definition) is 2. The van der Waals surface area contributed by atoms with Gasteiger partial charge >= 0.3 is 0 Å². The molecule has 0 radical (unpaired) electrons. The number of allylic oxidation sites excluding steroid dienone is 3. The van der Waals surface area contributed by atoms with E-state index in [1.807, 2.05) is 22.6 Å². The van der Waals surface area contributed by atoms with Gasteiger partial charge in [0.15, 0.2) is 0 Å². The SMILES string of the molecule is C=C/C(I)=C(\C=C\Br)[N+](=O)[O-]. The molecule has 0 atom stereocenters. The van der Waals surface area contributed by atoms with Gasteiger partial charge in [-0.2, -0.15) is 0 Å². The molecule has 0 unspecified atom stereocenters. The van der Waals surface area contributed by atoms with Crippen molar-refractivity contribution < 1.29 is 4.92 Å². The summed E-state index contributed by atoms with van der Waals surface area (Å²) in [5.41, 5.74) is 0.0393. The molecule has 0 bridgehead atoms. The van der Waals surface area contributed by atoms with Gasteiger partial charge in [-0.05, 0) is 33.7 Å². The summed E-state index contributed by atoms with van der Waals surface area (Å²) in [5, 5.41) is 10.3. The van der Waals surface area contributed by atoms with Crippen LogP contribution in [0, 0.1) is 10.1 Å². The lowest BCUT2D eigenvalue weighted by Gasteiger charge is -1.90. The molecule has 11 heavy (non-hydrogen) atoms. The quantitative estimate of drug-likeness (QED) is 0.346. The van der Waals surface area contributed by atoms with Crippen LogP contribution in [0.4, 0.5) is 0 Å². The molecule has 0 aromatic carbocycles. The number of nitro groups is 1. The summed E-state index contributed by atoms with van der Waals surface area (Å²) in [6.07, 6.45) is 2.80. The van der Waals surface area contributed by atoms with Gasteiger partial charge in [0.1, 0.15) is 0 Å². The van der Waals surface area contributed by atoms with E-state index in [0.717, 1.165) is 0 Å². The molecule has 0 fully saturated rings. The molecule has 60 valence electrons. The molecule has 0 heterocycles. The van der Waals surface area contributed by atoms with Gasteiger partial charge in [0.25, 0.3) is 5.70 Å². The molecule has 0 rings (SSSR count). The van der Waals surface area contributed by atoms with Crippen molar-refractivity contribution in [2.45, 2.75) is 0 Å². The van der Waals surface area contributed by atoms with Crippen LogP contribution < -0.4 is 0 Å². The summed E-state index contributed by atoms with van der Waals surface area (Å²) in [4.78, 5) is 11.3. The summed E-state index contributed by atoms with van der Waals surface area (Å²) < 4.78 is 0.517. The van der Waals surface area contributed by atoms with Crippen molar-refractivity contribution in [1.82, 2.24) is 0 Å². The lowest BCUT2D eigenvalue weighted by Crippen LogP contribution is -1.96. The molecule has 0 aliphatic rings. The zero-order valence-corrected chi connectivity index (χ0v) is 9.20. The molecule has 0 N–H and O–H groups in total. The third-order valence-corrected chi connectivity index (χ3v) is 2.10. The maximum Gasteiger partial charge on any atom is 0.283 e. The number of nitrogens with zero attached hydrogens (tertiary/aromatic N) is 1. The second-order valence-corrected chi connectivity index (χ2v) is 3.18. The molecule has 0 aliphatic heterocycles. The average molecular weight is 330 g/mol. The fourth-order valence-corrected chi connectivity index (χ4v) is 1.02. The normalized spacial score (nSPS) is 12.9.